The highest BCUT2D eigenvalue weighted by Gasteiger charge is 2.20. The average Bonchev–Trinajstić information content (AvgIpc) is 2.50. The molecule has 0 atom stereocenters. The summed E-state index contributed by atoms with van der Waals surface area (Å²) in [4.78, 5) is 4.30. The summed E-state index contributed by atoms with van der Waals surface area (Å²) < 4.78 is 5.59. The van der Waals surface area contributed by atoms with E-state index in [0.29, 0.717) is 33.9 Å². The van der Waals surface area contributed by atoms with Gasteiger partial charge in [-0.05, 0) is 40.2 Å². The molecule has 0 unspecified atom stereocenters. The third kappa shape index (κ3) is 5.42. The molecule has 0 saturated heterocycles. The van der Waals surface area contributed by atoms with E-state index in [9.17, 15) is 0 Å². The van der Waals surface area contributed by atoms with Gasteiger partial charge in [0.2, 0.25) is 5.95 Å². The van der Waals surface area contributed by atoms with Crippen LogP contribution in [0.1, 0.15) is 34.1 Å². The number of nitrogen functional groups attached to an aromatic ring is 1. The molecule has 2 aromatic rings. The summed E-state index contributed by atoms with van der Waals surface area (Å²) in [5, 5.41) is 12.3. The maximum atomic E-state index is 6.22. The van der Waals surface area contributed by atoms with Crippen molar-refractivity contribution in [2.45, 2.75) is 45.8 Å². The number of hydrogen-bond acceptors (Lipinski definition) is 6. The number of nitrogens with one attached hydrogen (secondary N) is 1. The van der Waals surface area contributed by atoms with Crippen LogP contribution in [0.4, 0.5) is 11.8 Å². The molecule has 0 spiro atoms. The number of ether oxygens (including phenoxy) is 1. The number of hydrogen-bond donors (Lipinski definition) is 2. The standard InChI is InChI=1S/C17H23Cl2N5O/c1-10(2)25-9-8-17(3,4)22-16-21-15(20)14(23-24-16)11-6-5-7-12(18)13(11)19/h5-7,10H,8-9H2,1-4H3,(H3,20,21,22,24). The van der Waals surface area contributed by atoms with Gasteiger partial charge in [0.1, 0.15) is 5.69 Å². The minimum Gasteiger partial charge on any atom is -0.382 e. The van der Waals surface area contributed by atoms with E-state index in [1.165, 1.54) is 0 Å². The minimum absolute atomic E-state index is 0.200. The van der Waals surface area contributed by atoms with E-state index in [4.69, 9.17) is 33.7 Å². The van der Waals surface area contributed by atoms with E-state index in [0.717, 1.165) is 6.42 Å². The Morgan fingerprint density at radius 2 is 1.96 bits per heavy atom. The van der Waals surface area contributed by atoms with Crippen molar-refractivity contribution in [2.24, 2.45) is 0 Å². The maximum Gasteiger partial charge on any atom is 0.245 e. The molecule has 2 rings (SSSR count). The van der Waals surface area contributed by atoms with Crippen LogP contribution >= 0.6 is 23.2 Å². The Hall–Kier alpha value is -1.63. The van der Waals surface area contributed by atoms with Gasteiger partial charge in [-0.2, -0.15) is 4.98 Å². The van der Waals surface area contributed by atoms with Crippen molar-refractivity contribution >= 4 is 35.0 Å². The summed E-state index contributed by atoms with van der Waals surface area (Å²) in [6, 6.07) is 5.24. The van der Waals surface area contributed by atoms with Crippen LogP contribution < -0.4 is 11.1 Å². The van der Waals surface area contributed by atoms with E-state index in [2.05, 4.69) is 20.5 Å². The fourth-order valence-electron chi connectivity index (χ4n) is 2.18. The third-order valence-corrected chi connectivity index (χ3v) is 4.37. The van der Waals surface area contributed by atoms with Gasteiger partial charge in [-0.3, -0.25) is 0 Å². The minimum atomic E-state index is -0.266. The fourth-order valence-corrected chi connectivity index (χ4v) is 2.57. The Morgan fingerprint density at radius 3 is 2.60 bits per heavy atom. The second-order valence-corrected chi connectivity index (χ2v) is 7.43. The molecule has 0 saturated carbocycles. The second-order valence-electron chi connectivity index (χ2n) is 6.65. The fraction of sp³-hybridized carbons (Fsp3) is 0.471. The summed E-state index contributed by atoms with van der Waals surface area (Å²) in [5.74, 6) is 0.588. The van der Waals surface area contributed by atoms with Crippen LogP contribution in [0.25, 0.3) is 11.3 Å². The highest BCUT2D eigenvalue weighted by atomic mass is 35.5. The zero-order valence-electron chi connectivity index (χ0n) is 14.8. The van der Waals surface area contributed by atoms with Gasteiger partial charge in [-0.25, -0.2) is 0 Å². The van der Waals surface area contributed by atoms with E-state index in [1.807, 2.05) is 27.7 Å². The number of aromatic nitrogens is 3. The molecule has 1 aromatic heterocycles. The van der Waals surface area contributed by atoms with Crippen molar-refractivity contribution in [3.63, 3.8) is 0 Å². The predicted molar refractivity (Wildman–Crippen MR) is 103 cm³/mol. The first-order valence-corrected chi connectivity index (χ1v) is 8.79. The van der Waals surface area contributed by atoms with Crippen molar-refractivity contribution in [2.75, 3.05) is 17.7 Å². The predicted octanol–water partition coefficient (Wildman–Crippen LogP) is 4.43. The van der Waals surface area contributed by atoms with Crippen LogP contribution in [0.5, 0.6) is 0 Å². The molecule has 136 valence electrons. The molecule has 3 N–H and O–H groups in total. The SMILES string of the molecule is CC(C)OCCC(C)(C)Nc1nnc(-c2cccc(Cl)c2Cl)c(N)n1. The first-order valence-electron chi connectivity index (χ1n) is 8.04. The second kappa shape index (κ2) is 8.17. The molecule has 0 fully saturated rings. The van der Waals surface area contributed by atoms with Gasteiger partial charge in [0.15, 0.2) is 5.82 Å². The summed E-state index contributed by atoms with van der Waals surface area (Å²) in [6.07, 6.45) is 0.988. The van der Waals surface area contributed by atoms with Gasteiger partial charge >= 0.3 is 0 Å². The van der Waals surface area contributed by atoms with Gasteiger partial charge in [-0.1, -0.05) is 35.3 Å². The quantitative estimate of drug-likeness (QED) is 0.734. The third-order valence-electron chi connectivity index (χ3n) is 3.55. The summed E-state index contributed by atoms with van der Waals surface area (Å²) >= 11 is 12.3. The van der Waals surface area contributed by atoms with Crippen LogP contribution in [0.15, 0.2) is 18.2 Å². The highest BCUT2D eigenvalue weighted by molar-refractivity contribution is 6.43. The largest absolute Gasteiger partial charge is 0.382 e. The first kappa shape index (κ1) is 19.7. The average molecular weight is 384 g/mol. The van der Waals surface area contributed by atoms with Crippen molar-refractivity contribution in [1.29, 1.82) is 0 Å². The van der Waals surface area contributed by atoms with Crippen molar-refractivity contribution in [3.05, 3.63) is 28.2 Å². The van der Waals surface area contributed by atoms with Gasteiger partial charge in [0, 0.05) is 17.7 Å². The van der Waals surface area contributed by atoms with Gasteiger partial charge < -0.3 is 15.8 Å². The lowest BCUT2D eigenvalue weighted by Gasteiger charge is -2.26. The first-order chi connectivity index (χ1) is 11.7. The van der Waals surface area contributed by atoms with E-state index in [-0.39, 0.29) is 17.5 Å². The normalized spacial score (nSPS) is 11.8. The smallest absolute Gasteiger partial charge is 0.245 e. The summed E-state index contributed by atoms with van der Waals surface area (Å²) in [7, 11) is 0. The molecular formula is C17H23Cl2N5O. The van der Waals surface area contributed by atoms with Crippen LogP contribution in [-0.4, -0.2) is 33.4 Å². The lowest BCUT2D eigenvalue weighted by atomic mass is 10.0. The van der Waals surface area contributed by atoms with Crippen molar-refractivity contribution in [3.8, 4) is 11.3 Å². The van der Waals surface area contributed by atoms with Crippen LogP contribution in [0.3, 0.4) is 0 Å². The van der Waals surface area contributed by atoms with E-state index < -0.39 is 0 Å². The highest BCUT2D eigenvalue weighted by Crippen LogP contribution is 2.34. The van der Waals surface area contributed by atoms with Crippen LogP contribution in [0, 0.1) is 0 Å². The molecule has 8 heteroatoms. The maximum absolute atomic E-state index is 6.22. The lowest BCUT2D eigenvalue weighted by molar-refractivity contribution is 0.0695. The molecule has 6 nitrogen and oxygen atoms in total. The molecule has 0 aliphatic heterocycles. The zero-order valence-corrected chi connectivity index (χ0v) is 16.3. The number of benzene rings is 1. The molecule has 25 heavy (non-hydrogen) atoms. The zero-order chi connectivity index (χ0) is 18.6. The Bertz CT molecular complexity index is 737. The Balaban J connectivity index is 2.15. The monoisotopic (exact) mass is 383 g/mol. The van der Waals surface area contributed by atoms with Crippen molar-refractivity contribution < 1.29 is 4.74 Å². The molecule has 0 amide bonds. The Labute approximate surface area is 158 Å². The number of nitrogens with zero attached hydrogens (tertiary/aromatic N) is 3. The van der Waals surface area contributed by atoms with Gasteiger partial charge in [0.05, 0.1) is 16.1 Å². The van der Waals surface area contributed by atoms with Crippen molar-refractivity contribution in [1.82, 2.24) is 15.2 Å². The number of anilines is 2. The number of halogens is 2. The van der Waals surface area contributed by atoms with Gasteiger partial charge in [-0.15, -0.1) is 10.2 Å². The summed E-state index contributed by atoms with van der Waals surface area (Å²) in [5.41, 5.74) is 6.79. The topological polar surface area (TPSA) is 86.0 Å². The Morgan fingerprint density at radius 1 is 1.24 bits per heavy atom. The molecule has 1 heterocycles. The molecule has 1 aromatic carbocycles. The Kier molecular flexibility index (Phi) is 6.43. The van der Waals surface area contributed by atoms with E-state index >= 15 is 0 Å². The molecule has 0 aliphatic carbocycles. The molecule has 0 bridgehead atoms. The summed E-state index contributed by atoms with van der Waals surface area (Å²) in [6.45, 7) is 8.73. The van der Waals surface area contributed by atoms with Crippen LogP contribution in [-0.2, 0) is 4.74 Å². The molecule has 0 aliphatic rings. The molecule has 0 radical (unpaired) electrons. The van der Waals surface area contributed by atoms with Gasteiger partial charge in [0.25, 0.3) is 0 Å². The number of rotatable bonds is 7. The molecular weight excluding hydrogens is 361 g/mol. The number of nitrogens with two attached hydrogens (primary N) is 1. The lowest BCUT2D eigenvalue weighted by Crippen LogP contribution is -2.33. The van der Waals surface area contributed by atoms with Crippen LogP contribution in [0.2, 0.25) is 10.0 Å². The van der Waals surface area contributed by atoms with E-state index in [1.54, 1.807) is 18.2 Å².